The summed E-state index contributed by atoms with van der Waals surface area (Å²) in [4.78, 5) is 0. The lowest BCUT2D eigenvalue weighted by molar-refractivity contribution is 0.269. The van der Waals surface area contributed by atoms with Crippen LogP contribution in [0.4, 0.5) is 0 Å². The van der Waals surface area contributed by atoms with E-state index in [1.54, 1.807) is 0 Å². The van der Waals surface area contributed by atoms with Gasteiger partial charge in [-0.15, -0.1) is 4.52 Å². The first kappa shape index (κ1) is 7.99. The van der Waals surface area contributed by atoms with Crippen molar-refractivity contribution in [2.24, 2.45) is 0 Å². The maximum absolute atomic E-state index is 9.96. The van der Waals surface area contributed by atoms with Crippen LogP contribution in [-0.2, 0) is 11.3 Å². The molecule has 1 atom stereocenters. The summed E-state index contributed by atoms with van der Waals surface area (Å²) in [5.74, 6) is 0. The summed E-state index contributed by atoms with van der Waals surface area (Å²) in [6.45, 7) is 0. The second kappa shape index (κ2) is 3.93. The van der Waals surface area contributed by atoms with E-state index in [4.69, 9.17) is 0 Å². The number of hydrazine groups is 2. The molecule has 0 aliphatic carbocycles. The van der Waals surface area contributed by atoms with Gasteiger partial charge in [0, 0.05) is 14.1 Å². The van der Waals surface area contributed by atoms with E-state index in [2.05, 4.69) is 10.9 Å². The van der Waals surface area contributed by atoms with E-state index in [-0.39, 0.29) is 0 Å². The highest BCUT2D eigenvalue weighted by Gasteiger charge is 1.92. The van der Waals surface area contributed by atoms with Crippen LogP contribution in [0, 0.1) is 0 Å². The Balaban J connectivity index is 3.52. The molecule has 5 nitrogen and oxygen atoms in total. The van der Waals surface area contributed by atoms with Crippen LogP contribution in [0.25, 0.3) is 0 Å². The molecule has 0 amide bonds. The van der Waals surface area contributed by atoms with Crippen molar-refractivity contribution in [2.45, 2.75) is 0 Å². The Labute approximate surface area is 50.4 Å². The zero-order chi connectivity index (χ0) is 6.57. The molecule has 0 aliphatic rings. The normalized spacial score (nSPS) is 14.5. The van der Waals surface area contributed by atoms with Gasteiger partial charge in [-0.2, -0.15) is 0 Å². The molecule has 6 heteroatoms. The van der Waals surface area contributed by atoms with Crippen molar-refractivity contribution in [1.29, 1.82) is 0 Å². The molecule has 1 unspecified atom stereocenters. The summed E-state index contributed by atoms with van der Waals surface area (Å²) in [5, 5.41) is 0. The van der Waals surface area contributed by atoms with Gasteiger partial charge in [0.15, 0.2) is 0 Å². The molecule has 0 aromatic carbocycles. The molecule has 0 aromatic rings. The van der Waals surface area contributed by atoms with E-state index in [1.165, 1.54) is 14.1 Å². The lowest BCUT2D eigenvalue weighted by Crippen LogP contribution is -2.44. The van der Waals surface area contributed by atoms with Crippen molar-refractivity contribution in [3.63, 3.8) is 0 Å². The minimum atomic E-state index is -2.24. The van der Waals surface area contributed by atoms with Crippen LogP contribution in [0.3, 0.4) is 0 Å². The third-order valence-corrected chi connectivity index (χ3v) is 1.22. The van der Waals surface area contributed by atoms with Crippen molar-refractivity contribution in [3.8, 4) is 0 Å². The fraction of sp³-hybridized carbons (Fsp3) is 1.00. The predicted molar refractivity (Wildman–Crippen MR) is 28.9 cm³/mol. The Morgan fingerprint density at radius 2 is 1.88 bits per heavy atom. The van der Waals surface area contributed by atoms with E-state index in [0.717, 1.165) is 4.52 Å². The van der Waals surface area contributed by atoms with E-state index in [9.17, 15) is 8.76 Å². The van der Waals surface area contributed by atoms with Crippen LogP contribution >= 0.6 is 0 Å². The Bertz CT molecular complexity index is 83.4. The van der Waals surface area contributed by atoms with Gasteiger partial charge in [-0.3, -0.25) is 4.21 Å². The van der Waals surface area contributed by atoms with E-state index in [1.807, 2.05) is 0 Å². The molecule has 8 heavy (non-hydrogen) atoms. The zero-order valence-corrected chi connectivity index (χ0v) is 5.49. The Kier molecular flexibility index (Phi) is 3.92. The van der Waals surface area contributed by atoms with Crippen LogP contribution in [0.1, 0.15) is 0 Å². The van der Waals surface area contributed by atoms with E-state index >= 15 is 0 Å². The van der Waals surface area contributed by atoms with Gasteiger partial charge < -0.3 is 4.55 Å². The average Bonchev–Trinajstić information content (AvgIpc) is 1.69. The van der Waals surface area contributed by atoms with Gasteiger partial charge in [-0.1, -0.05) is 0 Å². The van der Waals surface area contributed by atoms with Gasteiger partial charge in [-0.25, -0.2) is 10.9 Å². The SMILES string of the molecule is CNN(NC)S(=O)[O-]. The zero-order valence-electron chi connectivity index (χ0n) is 4.67. The van der Waals surface area contributed by atoms with Crippen molar-refractivity contribution < 1.29 is 8.76 Å². The summed E-state index contributed by atoms with van der Waals surface area (Å²) >= 11 is -2.24. The summed E-state index contributed by atoms with van der Waals surface area (Å²) in [7, 11) is 2.98. The van der Waals surface area contributed by atoms with Crippen LogP contribution in [0.15, 0.2) is 0 Å². The van der Waals surface area contributed by atoms with Gasteiger partial charge in [0.05, 0.1) is 11.3 Å². The molecule has 0 aliphatic heterocycles. The molecule has 0 bridgehead atoms. The van der Waals surface area contributed by atoms with Gasteiger partial charge in [0.25, 0.3) is 0 Å². The van der Waals surface area contributed by atoms with Crippen molar-refractivity contribution >= 4 is 11.3 Å². The van der Waals surface area contributed by atoms with Crippen LogP contribution in [0.5, 0.6) is 0 Å². The largest absolute Gasteiger partial charge is 0.758 e. The lowest BCUT2D eigenvalue weighted by atomic mass is 11.4. The van der Waals surface area contributed by atoms with Crippen LogP contribution < -0.4 is 10.9 Å². The highest BCUT2D eigenvalue weighted by atomic mass is 32.2. The van der Waals surface area contributed by atoms with Gasteiger partial charge in [0.2, 0.25) is 0 Å². The monoisotopic (exact) mass is 138 g/mol. The summed E-state index contributed by atoms with van der Waals surface area (Å²) < 4.78 is 20.8. The first-order valence-electron chi connectivity index (χ1n) is 1.96. The minimum Gasteiger partial charge on any atom is -0.758 e. The van der Waals surface area contributed by atoms with Gasteiger partial charge >= 0.3 is 0 Å². The topological polar surface area (TPSA) is 67.4 Å². The Morgan fingerprint density at radius 3 is 1.88 bits per heavy atom. The third-order valence-electron chi connectivity index (χ3n) is 0.555. The molecular weight excluding hydrogens is 130 g/mol. The molecule has 0 spiro atoms. The van der Waals surface area contributed by atoms with Crippen molar-refractivity contribution in [2.75, 3.05) is 14.1 Å². The second-order valence-electron chi connectivity index (χ2n) is 0.959. The Hall–Kier alpha value is -0.0100. The summed E-state index contributed by atoms with van der Waals surface area (Å²) in [6.07, 6.45) is 0. The summed E-state index contributed by atoms with van der Waals surface area (Å²) in [5.41, 5.74) is 4.72. The lowest BCUT2D eigenvalue weighted by Gasteiger charge is -2.20. The first-order valence-corrected chi connectivity index (χ1v) is 2.99. The number of hydrogen-bond acceptors (Lipinski definition) is 4. The summed E-state index contributed by atoms with van der Waals surface area (Å²) in [6, 6.07) is 0. The van der Waals surface area contributed by atoms with Crippen LogP contribution in [0.2, 0.25) is 0 Å². The molecule has 0 radical (unpaired) electrons. The average molecular weight is 138 g/mol. The highest BCUT2D eigenvalue weighted by molar-refractivity contribution is 7.76. The van der Waals surface area contributed by atoms with E-state index in [0.29, 0.717) is 0 Å². The first-order chi connectivity index (χ1) is 3.72. The van der Waals surface area contributed by atoms with Crippen molar-refractivity contribution in [3.05, 3.63) is 0 Å². The molecule has 0 heterocycles. The minimum absolute atomic E-state index is 0.833. The molecule has 0 fully saturated rings. The Morgan fingerprint density at radius 1 is 1.50 bits per heavy atom. The molecule has 0 saturated carbocycles. The smallest absolute Gasteiger partial charge is 0.0507 e. The molecule has 0 saturated heterocycles. The molecule has 0 aromatic heterocycles. The number of hydrogen-bond donors (Lipinski definition) is 2. The van der Waals surface area contributed by atoms with Gasteiger partial charge in [0.1, 0.15) is 0 Å². The fourth-order valence-corrected chi connectivity index (χ4v) is 0.559. The van der Waals surface area contributed by atoms with E-state index < -0.39 is 11.3 Å². The van der Waals surface area contributed by atoms with Crippen molar-refractivity contribution in [1.82, 2.24) is 15.4 Å². The molecule has 0 rings (SSSR count). The highest BCUT2D eigenvalue weighted by Crippen LogP contribution is 1.73. The second-order valence-corrected chi connectivity index (χ2v) is 1.76. The fourth-order valence-electron chi connectivity index (χ4n) is 0.261. The third kappa shape index (κ3) is 2.34. The standard InChI is InChI=1S/C2H9N3O2S/c1-3-5(4-2)8(6)7/h3-4H,1-2H3,(H,6,7)/p-1. The number of rotatable bonds is 3. The van der Waals surface area contributed by atoms with Crippen LogP contribution in [-0.4, -0.2) is 27.4 Å². The number of nitrogens with zero attached hydrogens (tertiary/aromatic N) is 1. The maximum atomic E-state index is 9.96. The maximum Gasteiger partial charge on any atom is 0.0507 e. The molecule has 2 N–H and O–H groups in total. The van der Waals surface area contributed by atoms with Gasteiger partial charge in [-0.05, 0) is 0 Å². The molecular formula is C2H8N3O2S-. The predicted octanol–water partition coefficient (Wildman–Crippen LogP) is -1.65. The quantitative estimate of drug-likeness (QED) is 0.362. The number of nitrogens with one attached hydrogen (secondary N) is 2. The molecule has 50 valence electrons.